The molecule has 168 valence electrons. The molecule has 0 saturated carbocycles. The van der Waals surface area contributed by atoms with Gasteiger partial charge >= 0.3 is 0 Å². The van der Waals surface area contributed by atoms with Gasteiger partial charge in [-0.25, -0.2) is 9.97 Å². The van der Waals surface area contributed by atoms with Crippen LogP contribution in [0.4, 0.5) is 5.95 Å². The molecular formula is C18H21N8O5P. The minimum Gasteiger partial charge on any atom is -0.390 e. The van der Waals surface area contributed by atoms with Gasteiger partial charge in [0.05, 0.1) is 42.9 Å². The second-order valence-corrected chi connectivity index (χ2v) is 7.66. The summed E-state index contributed by atoms with van der Waals surface area (Å²) in [7, 11) is -0.115. The number of nitrogens with zero attached hydrogens (tertiary/aromatic N) is 4. The lowest BCUT2D eigenvalue weighted by Gasteiger charge is -2.14. The number of hydrogen-bond donors (Lipinski definition) is 5. The third-order valence-corrected chi connectivity index (χ3v) is 5.36. The van der Waals surface area contributed by atoms with Gasteiger partial charge < -0.3 is 25.5 Å². The van der Waals surface area contributed by atoms with E-state index in [1.165, 1.54) is 18.7 Å². The fourth-order valence-electron chi connectivity index (χ4n) is 3.29. The summed E-state index contributed by atoms with van der Waals surface area (Å²) in [4.78, 5) is 42.0. The Hall–Kier alpha value is -3.41. The van der Waals surface area contributed by atoms with E-state index < -0.39 is 24.0 Å². The molecule has 0 aromatic carbocycles. The van der Waals surface area contributed by atoms with Crippen LogP contribution in [0.5, 0.6) is 0 Å². The van der Waals surface area contributed by atoms with Gasteiger partial charge in [0.2, 0.25) is 11.9 Å². The maximum atomic E-state index is 12.4. The Kier molecular flexibility index (Phi) is 6.69. The number of hydrogen-bond acceptors (Lipinski definition) is 9. The largest absolute Gasteiger partial charge is 0.390 e. The van der Waals surface area contributed by atoms with Gasteiger partial charge in [0.25, 0.3) is 5.56 Å². The van der Waals surface area contributed by atoms with E-state index in [0.717, 1.165) is 0 Å². The number of nitrogens with one attached hydrogen (secondary N) is 4. The molecule has 3 aromatic heterocycles. The predicted molar refractivity (Wildman–Crippen MR) is 114 cm³/mol. The summed E-state index contributed by atoms with van der Waals surface area (Å²) in [6.07, 6.45) is 6.04. The van der Waals surface area contributed by atoms with Crippen molar-refractivity contribution in [3.63, 3.8) is 0 Å². The quantitative estimate of drug-likeness (QED) is 0.167. The maximum absolute atomic E-state index is 12.4. The Balaban J connectivity index is 1.37. The van der Waals surface area contributed by atoms with Crippen molar-refractivity contribution in [2.75, 3.05) is 24.6 Å². The number of H-pyrrole nitrogens is 2. The Morgan fingerprint density at radius 3 is 3.09 bits per heavy atom. The smallest absolute Gasteiger partial charge is 0.280 e. The van der Waals surface area contributed by atoms with Crippen molar-refractivity contribution in [1.82, 2.24) is 34.8 Å². The molecule has 1 fully saturated rings. The summed E-state index contributed by atoms with van der Waals surface area (Å²) in [5.74, 6) is -0.0694. The Morgan fingerprint density at radius 2 is 2.31 bits per heavy atom. The van der Waals surface area contributed by atoms with Crippen LogP contribution in [-0.2, 0) is 14.1 Å². The zero-order valence-corrected chi connectivity index (χ0v) is 17.7. The van der Waals surface area contributed by atoms with Gasteiger partial charge in [0.15, 0.2) is 19.6 Å². The van der Waals surface area contributed by atoms with Crippen LogP contribution in [-0.4, -0.2) is 72.0 Å². The van der Waals surface area contributed by atoms with E-state index in [1.54, 1.807) is 16.8 Å². The van der Waals surface area contributed by atoms with E-state index in [1.807, 2.05) is 0 Å². The molecule has 4 rings (SSSR count). The summed E-state index contributed by atoms with van der Waals surface area (Å²) >= 11 is 0. The highest BCUT2D eigenvalue weighted by Crippen LogP contribution is 2.31. The Labute approximate surface area is 182 Å². The van der Waals surface area contributed by atoms with E-state index in [0.29, 0.717) is 24.4 Å². The zero-order chi connectivity index (χ0) is 22.5. The van der Waals surface area contributed by atoms with Gasteiger partial charge in [-0.1, -0.05) is 0 Å². The lowest BCUT2D eigenvalue weighted by Crippen LogP contribution is -2.28. The molecule has 0 bridgehead atoms. The average Bonchev–Trinajstić information content (AvgIpc) is 3.51. The van der Waals surface area contributed by atoms with Crippen molar-refractivity contribution in [3.8, 4) is 0 Å². The molecule has 1 aliphatic rings. The van der Waals surface area contributed by atoms with Gasteiger partial charge in [0.1, 0.15) is 6.23 Å². The van der Waals surface area contributed by atoms with E-state index in [2.05, 4.69) is 35.6 Å². The molecule has 1 amide bonds. The number of fused-ring (bicyclic) bond motifs is 1. The van der Waals surface area contributed by atoms with Gasteiger partial charge in [-0.2, -0.15) is 4.98 Å². The second-order valence-electron chi connectivity index (χ2n) is 7.04. The molecule has 14 heteroatoms. The number of ether oxygens (including phenoxy) is 1. The molecule has 4 heterocycles. The normalized spacial score (nSPS) is 21.0. The summed E-state index contributed by atoms with van der Waals surface area (Å²) in [5, 5.41) is 15.8. The minimum atomic E-state index is -0.774. The van der Waals surface area contributed by atoms with E-state index >= 15 is 0 Å². The summed E-state index contributed by atoms with van der Waals surface area (Å²) in [6.45, 7) is 0.608. The van der Waals surface area contributed by atoms with Crippen LogP contribution in [0.2, 0.25) is 0 Å². The fraction of sp³-hybridized carbons (Fsp3) is 0.389. The molecule has 5 N–H and O–H groups in total. The average molecular weight is 460 g/mol. The monoisotopic (exact) mass is 460 g/mol. The molecule has 0 radical (unpaired) electrons. The van der Waals surface area contributed by atoms with Crippen molar-refractivity contribution in [2.45, 2.75) is 24.9 Å². The number of anilines is 1. The number of rotatable bonds is 9. The number of aliphatic hydroxyl groups excluding tert-OH is 1. The van der Waals surface area contributed by atoms with Crippen LogP contribution < -0.4 is 16.2 Å². The van der Waals surface area contributed by atoms with Crippen LogP contribution in [0.25, 0.3) is 17.2 Å². The number of aliphatic hydroxyl groups is 1. The first kappa shape index (κ1) is 21.8. The standard InChI is InChI=1S/C18H21N8O5P/c27-11-5-14(31-12(11)7-32-30)26-9-23-15-16(26)24-18(25-17(15)29)21-4-3-20-13(28)2-1-10-6-19-8-22-10/h1-2,6,8-9,11-12,14,27H,3-5,7H2,(H,19,22)(H,20,28)(H2,21,24,25,29). The van der Waals surface area contributed by atoms with Crippen molar-refractivity contribution < 1.29 is 19.2 Å². The zero-order valence-electron chi connectivity index (χ0n) is 16.8. The highest BCUT2D eigenvalue weighted by atomic mass is 31.1. The SMILES string of the molecule is O=PCC1OC(n2cnc3c(=O)[nH]c(NCCNC(=O)C=Cc4cnc[nH]4)nc32)CC1O. The fourth-order valence-corrected chi connectivity index (χ4v) is 3.77. The second kappa shape index (κ2) is 9.81. The molecular weight excluding hydrogens is 439 g/mol. The van der Waals surface area contributed by atoms with Crippen LogP contribution >= 0.6 is 8.46 Å². The molecule has 32 heavy (non-hydrogen) atoms. The van der Waals surface area contributed by atoms with Gasteiger partial charge in [-0.3, -0.25) is 23.7 Å². The molecule has 0 aliphatic carbocycles. The minimum absolute atomic E-state index is 0.115. The number of amides is 1. The van der Waals surface area contributed by atoms with Crippen molar-refractivity contribution in [2.24, 2.45) is 0 Å². The number of aromatic amines is 2. The highest BCUT2D eigenvalue weighted by Gasteiger charge is 2.35. The van der Waals surface area contributed by atoms with Gasteiger partial charge in [-0.05, 0) is 6.08 Å². The summed E-state index contributed by atoms with van der Waals surface area (Å²) < 4.78 is 18.2. The molecule has 13 nitrogen and oxygen atoms in total. The first-order chi connectivity index (χ1) is 15.5. The predicted octanol–water partition coefficient (Wildman–Crippen LogP) is 0.0243. The number of carbonyl (C=O) groups excluding carboxylic acids is 1. The molecule has 3 atom stereocenters. The van der Waals surface area contributed by atoms with Crippen LogP contribution in [0.3, 0.4) is 0 Å². The number of aromatic nitrogens is 6. The molecule has 0 spiro atoms. The molecule has 3 aromatic rings. The lowest BCUT2D eigenvalue weighted by atomic mass is 10.2. The van der Waals surface area contributed by atoms with Crippen molar-refractivity contribution in [1.29, 1.82) is 0 Å². The van der Waals surface area contributed by atoms with Crippen LogP contribution in [0, 0.1) is 0 Å². The summed E-state index contributed by atoms with van der Waals surface area (Å²) in [5.41, 5.74) is 0.704. The van der Waals surface area contributed by atoms with E-state index in [9.17, 15) is 19.3 Å². The van der Waals surface area contributed by atoms with E-state index in [4.69, 9.17) is 4.74 Å². The van der Waals surface area contributed by atoms with Gasteiger partial charge in [0, 0.05) is 25.6 Å². The molecule has 3 unspecified atom stereocenters. The molecule has 1 aliphatic heterocycles. The van der Waals surface area contributed by atoms with Crippen LogP contribution in [0.15, 0.2) is 29.7 Å². The number of carbonyl (C=O) groups is 1. The van der Waals surface area contributed by atoms with Gasteiger partial charge in [-0.15, -0.1) is 0 Å². The van der Waals surface area contributed by atoms with Crippen molar-refractivity contribution >= 4 is 37.6 Å². The van der Waals surface area contributed by atoms with E-state index in [-0.39, 0.29) is 38.4 Å². The summed E-state index contributed by atoms with van der Waals surface area (Å²) in [6, 6.07) is 0. The third kappa shape index (κ3) is 4.90. The first-order valence-electron chi connectivity index (χ1n) is 9.83. The Bertz CT molecular complexity index is 1170. The third-order valence-electron chi connectivity index (χ3n) is 4.85. The number of imidazole rings is 2. The first-order valence-corrected chi connectivity index (χ1v) is 10.8. The molecule has 1 saturated heterocycles. The maximum Gasteiger partial charge on any atom is 0.280 e. The van der Waals surface area contributed by atoms with Crippen molar-refractivity contribution in [3.05, 3.63) is 41.0 Å². The van der Waals surface area contributed by atoms with Crippen LogP contribution in [0.1, 0.15) is 18.3 Å². The Morgan fingerprint density at radius 1 is 1.44 bits per heavy atom. The lowest BCUT2D eigenvalue weighted by molar-refractivity contribution is -0.116. The highest BCUT2D eigenvalue weighted by molar-refractivity contribution is 7.23. The topological polar surface area (TPSA) is 180 Å².